The van der Waals surface area contributed by atoms with Crippen LogP contribution in [0.1, 0.15) is 51.9 Å². The van der Waals surface area contributed by atoms with Crippen molar-refractivity contribution in [1.82, 2.24) is 10.2 Å². The average molecular weight is 268 g/mol. The van der Waals surface area contributed by atoms with Crippen LogP contribution in [0.15, 0.2) is 0 Å². The van der Waals surface area contributed by atoms with Gasteiger partial charge < -0.3 is 10.4 Å². The highest BCUT2D eigenvalue weighted by atomic mass is 16.3. The molecule has 112 valence electrons. The summed E-state index contributed by atoms with van der Waals surface area (Å²) in [5, 5.41) is 12.8. The van der Waals surface area contributed by atoms with Crippen molar-refractivity contribution in [3.8, 4) is 0 Å². The lowest BCUT2D eigenvalue weighted by molar-refractivity contribution is 0.0877. The van der Waals surface area contributed by atoms with E-state index in [1.807, 2.05) is 0 Å². The number of piperidine rings is 1. The van der Waals surface area contributed by atoms with Crippen molar-refractivity contribution in [2.45, 2.75) is 57.9 Å². The lowest BCUT2D eigenvalue weighted by atomic mass is 9.83. The summed E-state index contributed by atoms with van der Waals surface area (Å²) < 4.78 is 0. The summed E-state index contributed by atoms with van der Waals surface area (Å²) in [5.74, 6) is 1.81. The molecule has 2 N–H and O–H groups in total. The van der Waals surface area contributed by atoms with Crippen LogP contribution in [-0.2, 0) is 0 Å². The van der Waals surface area contributed by atoms with Crippen molar-refractivity contribution in [3.63, 3.8) is 0 Å². The summed E-state index contributed by atoms with van der Waals surface area (Å²) in [5.41, 5.74) is 0. The van der Waals surface area contributed by atoms with Crippen LogP contribution in [0.25, 0.3) is 0 Å². The van der Waals surface area contributed by atoms with Gasteiger partial charge in [-0.25, -0.2) is 0 Å². The van der Waals surface area contributed by atoms with Gasteiger partial charge in [0.15, 0.2) is 0 Å². The summed E-state index contributed by atoms with van der Waals surface area (Å²) in [6, 6.07) is 0.741. The van der Waals surface area contributed by atoms with Crippen molar-refractivity contribution < 1.29 is 5.11 Å². The summed E-state index contributed by atoms with van der Waals surface area (Å²) in [6.45, 7) is 7.10. The fraction of sp³-hybridized carbons (Fsp3) is 1.00. The highest BCUT2D eigenvalue weighted by Gasteiger charge is 2.26. The molecule has 1 saturated carbocycles. The third-order valence-corrected chi connectivity index (χ3v) is 5.25. The van der Waals surface area contributed by atoms with Crippen molar-refractivity contribution >= 4 is 0 Å². The number of hydrogen-bond donors (Lipinski definition) is 2. The van der Waals surface area contributed by atoms with E-state index in [0.717, 1.165) is 24.4 Å². The molecule has 2 rings (SSSR count). The van der Waals surface area contributed by atoms with Gasteiger partial charge in [-0.1, -0.05) is 13.3 Å². The average Bonchev–Trinajstić information content (AvgIpc) is 2.48. The molecular formula is C16H32N2O. The maximum atomic E-state index is 9.34. The van der Waals surface area contributed by atoms with Crippen LogP contribution in [-0.4, -0.2) is 48.8 Å². The van der Waals surface area contributed by atoms with Crippen molar-refractivity contribution in [1.29, 1.82) is 0 Å². The van der Waals surface area contributed by atoms with Crippen LogP contribution >= 0.6 is 0 Å². The Balaban J connectivity index is 1.81. The fourth-order valence-electron chi connectivity index (χ4n) is 3.87. The summed E-state index contributed by atoms with van der Waals surface area (Å²) in [7, 11) is 0. The van der Waals surface area contributed by atoms with Gasteiger partial charge in [-0.3, -0.25) is 4.90 Å². The lowest BCUT2D eigenvalue weighted by Gasteiger charge is -2.39. The van der Waals surface area contributed by atoms with Gasteiger partial charge in [-0.15, -0.1) is 0 Å². The molecule has 1 saturated heterocycles. The summed E-state index contributed by atoms with van der Waals surface area (Å²) >= 11 is 0. The third kappa shape index (κ3) is 4.73. The molecule has 0 unspecified atom stereocenters. The first-order valence-corrected chi connectivity index (χ1v) is 8.39. The Hall–Kier alpha value is -0.120. The van der Waals surface area contributed by atoms with E-state index in [9.17, 15) is 5.11 Å². The zero-order chi connectivity index (χ0) is 13.5. The minimum Gasteiger partial charge on any atom is -0.395 e. The molecule has 0 aromatic heterocycles. The topological polar surface area (TPSA) is 35.5 Å². The smallest absolute Gasteiger partial charge is 0.0558 e. The normalized spacial score (nSPS) is 29.8. The molecule has 0 aromatic rings. The highest BCUT2D eigenvalue weighted by molar-refractivity contribution is 4.82. The van der Waals surface area contributed by atoms with Crippen LogP contribution in [0.4, 0.5) is 0 Å². The van der Waals surface area contributed by atoms with E-state index in [4.69, 9.17) is 0 Å². The number of aliphatic hydroxyl groups is 1. The number of hydrogen-bond acceptors (Lipinski definition) is 3. The molecule has 0 atom stereocenters. The van der Waals surface area contributed by atoms with Gasteiger partial charge in [0.2, 0.25) is 0 Å². The second-order valence-electron chi connectivity index (χ2n) is 6.49. The SMILES string of the molecule is CCC1CCC(N(CCO)CC2CCNCC2)CC1. The highest BCUT2D eigenvalue weighted by Crippen LogP contribution is 2.30. The molecule has 0 bridgehead atoms. The van der Waals surface area contributed by atoms with E-state index in [0.29, 0.717) is 6.61 Å². The lowest BCUT2D eigenvalue weighted by Crippen LogP contribution is -2.44. The molecule has 3 nitrogen and oxygen atoms in total. The van der Waals surface area contributed by atoms with Crippen LogP contribution < -0.4 is 5.32 Å². The molecule has 1 aliphatic heterocycles. The minimum absolute atomic E-state index is 0.318. The van der Waals surface area contributed by atoms with Crippen LogP contribution in [0, 0.1) is 11.8 Å². The Morgan fingerprint density at radius 2 is 1.68 bits per heavy atom. The molecule has 19 heavy (non-hydrogen) atoms. The van der Waals surface area contributed by atoms with Gasteiger partial charge in [0.1, 0.15) is 0 Å². The van der Waals surface area contributed by atoms with Gasteiger partial charge in [-0.2, -0.15) is 0 Å². The quantitative estimate of drug-likeness (QED) is 0.775. The number of rotatable bonds is 6. The first-order chi connectivity index (χ1) is 9.33. The van der Waals surface area contributed by atoms with Gasteiger partial charge in [0, 0.05) is 19.1 Å². The number of aliphatic hydroxyl groups excluding tert-OH is 1. The Morgan fingerprint density at radius 1 is 1.00 bits per heavy atom. The maximum absolute atomic E-state index is 9.34. The zero-order valence-corrected chi connectivity index (χ0v) is 12.6. The monoisotopic (exact) mass is 268 g/mol. The molecule has 3 heteroatoms. The van der Waals surface area contributed by atoms with Gasteiger partial charge in [0.25, 0.3) is 0 Å². The molecule has 0 aromatic carbocycles. The predicted octanol–water partition coefficient (Wildman–Crippen LogP) is 2.25. The minimum atomic E-state index is 0.318. The van der Waals surface area contributed by atoms with Crippen LogP contribution in [0.3, 0.4) is 0 Å². The molecular weight excluding hydrogens is 236 g/mol. The van der Waals surface area contributed by atoms with E-state index in [1.165, 1.54) is 64.6 Å². The molecule has 2 fully saturated rings. The van der Waals surface area contributed by atoms with E-state index in [2.05, 4.69) is 17.1 Å². The Morgan fingerprint density at radius 3 is 2.26 bits per heavy atom. The Bertz CT molecular complexity index is 233. The molecule has 0 radical (unpaired) electrons. The summed E-state index contributed by atoms with van der Waals surface area (Å²) in [6.07, 6.45) is 9.47. The maximum Gasteiger partial charge on any atom is 0.0558 e. The van der Waals surface area contributed by atoms with E-state index < -0.39 is 0 Å². The second-order valence-corrected chi connectivity index (χ2v) is 6.49. The fourth-order valence-corrected chi connectivity index (χ4v) is 3.87. The summed E-state index contributed by atoms with van der Waals surface area (Å²) in [4.78, 5) is 2.60. The third-order valence-electron chi connectivity index (χ3n) is 5.25. The molecule has 1 aliphatic carbocycles. The molecule has 1 heterocycles. The van der Waals surface area contributed by atoms with Crippen molar-refractivity contribution in [2.24, 2.45) is 11.8 Å². The standard InChI is InChI=1S/C16H32N2O/c1-2-14-3-5-16(6-4-14)18(11-12-19)13-15-7-9-17-10-8-15/h14-17,19H,2-13H2,1H3. The van der Waals surface area contributed by atoms with E-state index in [1.54, 1.807) is 0 Å². The second kappa shape index (κ2) is 8.23. The molecule has 0 spiro atoms. The molecule has 0 amide bonds. The van der Waals surface area contributed by atoms with E-state index in [-0.39, 0.29) is 0 Å². The van der Waals surface area contributed by atoms with Crippen LogP contribution in [0.2, 0.25) is 0 Å². The van der Waals surface area contributed by atoms with E-state index >= 15 is 0 Å². The van der Waals surface area contributed by atoms with Gasteiger partial charge >= 0.3 is 0 Å². The van der Waals surface area contributed by atoms with Gasteiger partial charge in [-0.05, 0) is 63.5 Å². The van der Waals surface area contributed by atoms with Crippen molar-refractivity contribution in [3.05, 3.63) is 0 Å². The predicted molar refractivity (Wildman–Crippen MR) is 80.3 cm³/mol. The molecule has 2 aliphatic rings. The van der Waals surface area contributed by atoms with Crippen molar-refractivity contribution in [2.75, 3.05) is 32.8 Å². The van der Waals surface area contributed by atoms with Gasteiger partial charge in [0.05, 0.1) is 6.61 Å². The Kier molecular flexibility index (Phi) is 6.62. The number of nitrogens with one attached hydrogen (secondary N) is 1. The first-order valence-electron chi connectivity index (χ1n) is 8.39. The first kappa shape index (κ1) is 15.3. The largest absolute Gasteiger partial charge is 0.395 e. The Labute approximate surface area is 118 Å². The number of nitrogens with zero attached hydrogens (tertiary/aromatic N) is 1. The van der Waals surface area contributed by atoms with Crippen LogP contribution in [0.5, 0.6) is 0 Å². The zero-order valence-electron chi connectivity index (χ0n) is 12.6.